The van der Waals surface area contributed by atoms with Crippen molar-refractivity contribution in [3.05, 3.63) is 66.3 Å². The van der Waals surface area contributed by atoms with Gasteiger partial charge < -0.3 is 4.74 Å². The zero-order valence-corrected chi connectivity index (χ0v) is 17.9. The van der Waals surface area contributed by atoms with Crippen LogP contribution in [0.1, 0.15) is 63.4 Å². The minimum atomic E-state index is -0.924. The van der Waals surface area contributed by atoms with Crippen molar-refractivity contribution in [3.8, 4) is 16.9 Å². The maximum Gasteiger partial charge on any atom is 0.201 e. The lowest BCUT2D eigenvalue weighted by atomic mass is 9.84. The SMILES string of the molecule is C=CCCOc1ccc(-c2ccc(C3CCC4C(CCC)CCC34)cc2)c(F)c1F. The van der Waals surface area contributed by atoms with Crippen LogP contribution in [0.2, 0.25) is 0 Å². The van der Waals surface area contributed by atoms with Crippen LogP contribution in [0, 0.1) is 29.4 Å². The Hall–Kier alpha value is -2.16. The summed E-state index contributed by atoms with van der Waals surface area (Å²) in [6.07, 6.45) is 10.2. The van der Waals surface area contributed by atoms with Gasteiger partial charge in [-0.15, -0.1) is 6.58 Å². The molecule has 0 aromatic heterocycles. The third kappa shape index (κ3) is 4.04. The van der Waals surface area contributed by atoms with Crippen LogP contribution in [-0.2, 0) is 0 Å². The van der Waals surface area contributed by atoms with E-state index in [1.54, 1.807) is 12.1 Å². The van der Waals surface area contributed by atoms with Crippen molar-refractivity contribution >= 4 is 0 Å². The summed E-state index contributed by atoms with van der Waals surface area (Å²) in [6, 6.07) is 11.3. The van der Waals surface area contributed by atoms with E-state index in [9.17, 15) is 8.78 Å². The molecule has 0 spiro atoms. The molecule has 0 saturated heterocycles. The summed E-state index contributed by atoms with van der Waals surface area (Å²) < 4.78 is 34.4. The standard InChI is InChI=1S/C27H32F2O/c1-3-5-17-30-25-16-15-23(26(28)27(25)29)20-9-7-19(8-10-20)22-14-13-21-18(6-4-2)11-12-24(21)22/h3,7-10,15-16,18,21-22,24H,1,4-6,11-14,17H2,2H3. The van der Waals surface area contributed by atoms with Gasteiger partial charge in [-0.1, -0.05) is 50.1 Å². The summed E-state index contributed by atoms with van der Waals surface area (Å²) >= 11 is 0. The van der Waals surface area contributed by atoms with Gasteiger partial charge in [-0.2, -0.15) is 4.39 Å². The molecule has 2 saturated carbocycles. The summed E-state index contributed by atoms with van der Waals surface area (Å²) in [6.45, 7) is 6.18. The molecular formula is C27H32F2O. The lowest BCUT2D eigenvalue weighted by molar-refractivity contribution is 0.302. The Morgan fingerprint density at radius 3 is 2.47 bits per heavy atom. The minimum Gasteiger partial charge on any atom is -0.490 e. The molecule has 4 rings (SSSR count). The average molecular weight is 411 g/mol. The molecule has 3 heteroatoms. The van der Waals surface area contributed by atoms with E-state index in [4.69, 9.17) is 4.74 Å². The number of ether oxygens (including phenoxy) is 1. The summed E-state index contributed by atoms with van der Waals surface area (Å²) in [5.41, 5.74) is 2.34. The smallest absolute Gasteiger partial charge is 0.201 e. The van der Waals surface area contributed by atoms with Crippen LogP contribution in [-0.4, -0.2) is 6.61 Å². The Morgan fingerprint density at radius 1 is 0.967 bits per heavy atom. The second kappa shape index (κ2) is 9.32. The Kier molecular flexibility index (Phi) is 6.55. The maximum absolute atomic E-state index is 14.7. The molecule has 0 aliphatic heterocycles. The molecule has 160 valence electrons. The van der Waals surface area contributed by atoms with Crippen molar-refractivity contribution < 1.29 is 13.5 Å². The van der Waals surface area contributed by atoms with Gasteiger partial charge >= 0.3 is 0 Å². The van der Waals surface area contributed by atoms with Crippen LogP contribution >= 0.6 is 0 Å². The van der Waals surface area contributed by atoms with Gasteiger partial charge in [-0.3, -0.25) is 0 Å². The lowest BCUT2D eigenvalue weighted by Crippen LogP contribution is -2.12. The van der Waals surface area contributed by atoms with Gasteiger partial charge in [0.15, 0.2) is 11.6 Å². The molecule has 2 aliphatic rings. The fourth-order valence-corrected chi connectivity index (χ4v) is 5.89. The van der Waals surface area contributed by atoms with E-state index in [1.165, 1.54) is 50.2 Å². The molecular weight excluding hydrogens is 378 g/mol. The molecule has 0 amide bonds. The summed E-state index contributed by atoms with van der Waals surface area (Å²) in [5.74, 6) is 1.39. The van der Waals surface area contributed by atoms with Crippen LogP contribution < -0.4 is 4.74 Å². The summed E-state index contributed by atoms with van der Waals surface area (Å²) in [5, 5.41) is 0. The molecule has 4 atom stereocenters. The molecule has 30 heavy (non-hydrogen) atoms. The van der Waals surface area contributed by atoms with Gasteiger partial charge in [0.25, 0.3) is 0 Å². The van der Waals surface area contributed by atoms with Crippen LogP contribution in [0.15, 0.2) is 49.1 Å². The molecule has 1 nitrogen and oxygen atoms in total. The van der Waals surface area contributed by atoms with Gasteiger partial charge in [0.1, 0.15) is 0 Å². The van der Waals surface area contributed by atoms with E-state index in [2.05, 4.69) is 25.6 Å². The van der Waals surface area contributed by atoms with Crippen LogP contribution in [0.25, 0.3) is 11.1 Å². The van der Waals surface area contributed by atoms with Crippen molar-refractivity contribution in [1.82, 2.24) is 0 Å². The second-order valence-electron chi connectivity index (χ2n) is 8.92. The van der Waals surface area contributed by atoms with Gasteiger partial charge in [0, 0.05) is 5.56 Å². The average Bonchev–Trinajstić information content (AvgIpc) is 3.35. The lowest BCUT2D eigenvalue weighted by Gasteiger charge is -2.21. The van der Waals surface area contributed by atoms with Crippen LogP contribution in [0.4, 0.5) is 8.78 Å². The first kappa shape index (κ1) is 21.1. The highest BCUT2D eigenvalue weighted by molar-refractivity contribution is 5.65. The monoisotopic (exact) mass is 410 g/mol. The molecule has 2 aliphatic carbocycles. The molecule has 0 radical (unpaired) electrons. The van der Waals surface area contributed by atoms with Crippen molar-refractivity contribution in [2.24, 2.45) is 17.8 Å². The van der Waals surface area contributed by atoms with Crippen molar-refractivity contribution in [2.75, 3.05) is 6.61 Å². The van der Waals surface area contributed by atoms with E-state index in [1.807, 2.05) is 12.1 Å². The Labute approximate surface area is 179 Å². The predicted molar refractivity (Wildman–Crippen MR) is 119 cm³/mol. The molecule has 4 unspecified atom stereocenters. The quantitative estimate of drug-likeness (QED) is 0.317. The van der Waals surface area contributed by atoms with Crippen LogP contribution in [0.5, 0.6) is 5.75 Å². The number of hydrogen-bond donors (Lipinski definition) is 0. The largest absolute Gasteiger partial charge is 0.490 e. The van der Waals surface area contributed by atoms with Gasteiger partial charge in [0.2, 0.25) is 5.82 Å². The Bertz CT molecular complexity index is 873. The Balaban J connectivity index is 1.49. The highest BCUT2D eigenvalue weighted by atomic mass is 19.2. The molecule has 2 aromatic rings. The number of halogens is 2. The topological polar surface area (TPSA) is 9.23 Å². The highest BCUT2D eigenvalue weighted by Crippen LogP contribution is 2.55. The third-order valence-electron chi connectivity index (χ3n) is 7.29. The molecule has 2 aromatic carbocycles. The van der Waals surface area contributed by atoms with Gasteiger partial charge in [-0.05, 0) is 79.0 Å². The van der Waals surface area contributed by atoms with Crippen molar-refractivity contribution in [2.45, 2.75) is 57.8 Å². The van der Waals surface area contributed by atoms with Crippen LogP contribution in [0.3, 0.4) is 0 Å². The zero-order chi connectivity index (χ0) is 21.1. The number of benzene rings is 2. The Morgan fingerprint density at radius 2 is 1.73 bits per heavy atom. The number of fused-ring (bicyclic) bond motifs is 1. The summed E-state index contributed by atoms with van der Waals surface area (Å²) in [7, 11) is 0. The van der Waals surface area contributed by atoms with E-state index in [0.29, 0.717) is 17.9 Å². The van der Waals surface area contributed by atoms with E-state index < -0.39 is 11.6 Å². The van der Waals surface area contributed by atoms with Gasteiger partial charge in [0.05, 0.1) is 6.61 Å². The van der Waals surface area contributed by atoms with Crippen molar-refractivity contribution in [3.63, 3.8) is 0 Å². The molecule has 0 bridgehead atoms. The van der Waals surface area contributed by atoms with E-state index >= 15 is 0 Å². The number of hydrogen-bond acceptors (Lipinski definition) is 1. The van der Waals surface area contributed by atoms with Gasteiger partial charge in [-0.25, -0.2) is 4.39 Å². The maximum atomic E-state index is 14.7. The normalized spacial score (nSPS) is 25.3. The molecule has 0 N–H and O–H groups in total. The van der Waals surface area contributed by atoms with E-state index in [0.717, 1.165) is 17.8 Å². The zero-order valence-electron chi connectivity index (χ0n) is 17.9. The fraction of sp³-hybridized carbons (Fsp3) is 0.481. The van der Waals surface area contributed by atoms with E-state index in [-0.39, 0.29) is 17.9 Å². The molecule has 0 heterocycles. The first-order chi connectivity index (χ1) is 14.6. The third-order valence-corrected chi connectivity index (χ3v) is 7.29. The first-order valence-electron chi connectivity index (χ1n) is 11.5. The molecule has 2 fully saturated rings. The second-order valence-corrected chi connectivity index (χ2v) is 8.92. The summed E-state index contributed by atoms with van der Waals surface area (Å²) in [4.78, 5) is 0. The number of rotatable bonds is 8. The predicted octanol–water partition coefficient (Wildman–Crippen LogP) is 7.91. The highest BCUT2D eigenvalue weighted by Gasteiger charge is 2.44. The fourth-order valence-electron chi connectivity index (χ4n) is 5.89. The van der Waals surface area contributed by atoms with Crippen molar-refractivity contribution in [1.29, 1.82) is 0 Å². The minimum absolute atomic E-state index is 0.0467. The first-order valence-corrected chi connectivity index (χ1v) is 11.5.